The van der Waals surface area contributed by atoms with Crippen molar-refractivity contribution in [3.05, 3.63) is 215 Å². The predicted molar refractivity (Wildman–Crippen MR) is 241 cm³/mol. The third-order valence-corrected chi connectivity index (χ3v) is 12.8. The van der Waals surface area contributed by atoms with Gasteiger partial charge in [0.25, 0.3) is 0 Å². The molecule has 0 spiro atoms. The Kier molecular flexibility index (Phi) is 8.63. The number of nitrogens with zero attached hydrogens (tertiary/aromatic N) is 1. The van der Waals surface area contributed by atoms with Gasteiger partial charge in [0.2, 0.25) is 0 Å². The van der Waals surface area contributed by atoms with Crippen molar-refractivity contribution in [2.45, 2.75) is 44.3 Å². The summed E-state index contributed by atoms with van der Waals surface area (Å²) in [4.78, 5) is 5.74. The van der Waals surface area contributed by atoms with E-state index in [-0.39, 0.29) is 18.1 Å². The lowest BCUT2D eigenvalue weighted by molar-refractivity contribution is 0.329. The Morgan fingerprint density at radius 1 is 0.569 bits per heavy atom. The lowest BCUT2D eigenvalue weighted by Crippen LogP contribution is -2.33. The number of rotatable bonds is 5. The van der Waals surface area contributed by atoms with Crippen LogP contribution in [-0.4, -0.2) is 5.71 Å². The van der Waals surface area contributed by atoms with Gasteiger partial charge < -0.3 is 4.42 Å². The lowest BCUT2D eigenvalue weighted by Gasteiger charge is -2.32. The standard InChI is InChI=1S/C55H44N2O/c1-35-27-30-50(37-16-4-2-5-17-37)56-55(57-53(35)38-18-6-3-7-19-38)49-33-42(40-29-28-36-15-8-9-20-39(36)31-40)34-51-52(49)47-26-14-25-46(54(47)58-51)48-32-41-21-10-11-22-43(41)44-23-12-13-24-45(44)48/h2-26,28-29,31,33-35,48,53,55,57H,27,30,32H2,1H3. The Morgan fingerprint density at radius 3 is 2.16 bits per heavy atom. The van der Waals surface area contributed by atoms with E-state index in [1.165, 1.54) is 49.7 Å². The van der Waals surface area contributed by atoms with Gasteiger partial charge in [-0.25, -0.2) is 0 Å². The van der Waals surface area contributed by atoms with Crippen LogP contribution < -0.4 is 5.32 Å². The van der Waals surface area contributed by atoms with Gasteiger partial charge in [0, 0.05) is 39.6 Å². The van der Waals surface area contributed by atoms with Crippen LogP contribution in [0.2, 0.25) is 0 Å². The molecule has 4 atom stereocenters. The summed E-state index contributed by atoms with van der Waals surface area (Å²) in [5.41, 5.74) is 15.4. The SMILES string of the molecule is CC1CCC(c2ccccc2)=NC(c2cc(-c3ccc4ccccc4c3)cc3oc4c(C5Cc6ccccc6-c6ccccc65)cccc4c23)NC1c1ccccc1. The van der Waals surface area contributed by atoms with Crippen molar-refractivity contribution in [3.63, 3.8) is 0 Å². The van der Waals surface area contributed by atoms with Crippen LogP contribution >= 0.6 is 0 Å². The molecule has 9 aromatic rings. The highest BCUT2D eigenvalue weighted by atomic mass is 16.3. The number of nitrogens with one attached hydrogen (secondary N) is 1. The fraction of sp³-hybridized carbons (Fsp3) is 0.145. The number of benzene rings is 8. The zero-order chi connectivity index (χ0) is 38.6. The molecular weight excluding hydrogens is 705 g/mol. The van der Waals surface area contributed by atoms with Crippen molar-refractivity contribution in [1.82, 2.24) is 5.32 Å². The third kappa shape index (κ3) is 6.06. The van der Waals surface area contributed by atoms with Crippen molar-refractivity contribution in [2.24, 2.45) is 10.9 Å². The van der Waals surface area contributed by atoms with Gasteiger partial charge in [-0.3, -0.25) is 10.3 Å². The largest absolute Gasteiger partial charge is 0.456 e. The Labute approximate surface area is 339 Å². The van der Waals surface area contributed by atoms with E-state index in [2.05, 4.69) is 194 Å². The first-order valence-electron chi connectivity index (χ1n) is 20.7. The van der Waals surface area contributed by atoms with Crippen LogP contribution in [0.1, 0.15) is 71.3 Å². The van der Waals surface area contributed by atoms with E-state index in [1.807, 2.05) is 0 Å². The topological polar surface area (TPSA) is 37.5 Å². The molecule has 0 radical (unpaired) electrons. The number of fused-ring (bicyclic) bond motifs is 7. The van der Waals surface area contributed by atoms with E-state index in [9.17, 15) is 0 Å². The van der Waals surface area contributed by atoms with Crippen molar-refractivity contribution in [3.8, 4) is 22.3 Å². The monoisotopic (exact) mass is 748 g/mol. The average Bonchev–Trinajstić information content (AvgIpc) is 3.67. The highest BCUT2D eigenvalue weighted by Gasteiger charge is 2.32. The van der Waals surface area contributed by atoms with Gasteiger partial charge in [-0.1, -0.05) is 171 Å². The van der Waals surface area contributed by atoms with E-state index < -0.39 is 0 Å². The first kappa shape index (κ1) is 34.7. The summed E-state index contributed by atoms with van der Waals surface area (Å²) in [5.74, 6) is 0.532. The van der Waals surface area contributed by atoms with Crippen LogP contribution in [0.25, 0.3) is 55.0 Å². The second-order valence-corrected chi connectivity index (χ2v) is 16.2. The molecule has 58 heavy (non-hydrogen) atoms. The van der Waals surface area contributed by atoms with Gasteiger partial charge >= 0.3 is 0 Å². The highest BCUT2D eigenvalue weighted by Crippen LogP contribution is 2.47. The Hall–Kier alpha value is -6.55. The molecule has 1 N–H and O–H groups in total. The molecule has 0 amide bonds. The molecule has 2 aliphatic rings. The molecule has 1 aliphatic heterocycles. The van der Waals surface area contributed by atoms with Crippen LogP contribution in [-0.2, 0) is 6.42 Å². The highest BCUT2D eigenvalue weighted by molar-refractivity contribution is 6.10. The maximum atomic E-state index is 7.24. The van der Waals surface area contributed by atoms with Crippen LogP contribution in [0.4, 0.5) is 0 Å². The summed E-state index contributed by atoms with van der Waals surface area (Å²) in [7, 11) is 0. The molecule has 280 valence electrons. The summed E-state index contributed by atoms with van der Waals surface area (Å²) >= 11 is 0. The van der Waals surface area contributed by atoms with Gasteiger partial charge in [-0.15, -0.1) is 0 Å². The van der Waals surface area contributed by atoms with Crippen molar-refractivity contribution >= 4 is 38.4 Å². The van der Waals surface area contributed by atoms with Crippen LogP contribution in [0.15, 0.2) is 191 Å². The maximum Gasteiger partial charge on any atom is 0.139 e. The molecule has 8 aromatic carbocycles. The minimum Gasteiger partial charge on any atom is -0.456 e. The minimum absolute atomic E-state index is 0.110. The molecular formula is C55H44N2O. The number of hydrogen-bond acceptors (Lipinski definition) is 3. The number of aliphatic imine (C=N–C) groups is 1. The zero-order valence-electron chi connectivity index (χ0n) is 32.6. The first-order valence-corrected chi connectivity index (χ1v) is 20.7. The zero-order valence-corrected chi connectivity index (χ0v) is 32.6. The molecule has 0 fully saturated rings. The van der Waals surface area contributed by atoms with Gasteiger partial charge in [0.05, 0.1) is 0 Å². The van der Waals surface area contributed by atoms with Gasteiger partial charge in [-0.2, -0.15) is 0 Å². The number of para-hydroxylation sites is 1. The summed E-state index contributed by atoms with van der Waals surface area (Å²) in [6, 6.07) is 66.4. The average molecular weight is 749 g/mol. The molecule has 3 nitrogen and oxygen atoms in total. The normalized spacial score (nSPS) is 19.3. The Bertz CT molecular complexity index is 3000. The van der Waals surface area contributed by atoms with E-state index in [4.69, 9.17) is 9.41 Å². The summed E-state index contributed by atoms with van der Waals surface area (Å²) in [6.07, 6.45) is 2.52. The Morgan fingerprint density at radius 2 is 1.29 bits per heavy atom. The molecule has 3 heteroatoms. The van der Waals surface area contributed by atoms with E-state index in [1.54, 1.807) is 0 Å². The lowest BCUT2D eigenvalue weighted by atomic mass is 9.75. The van der Waals surface area contributed by atoms with E-state index >= 15 is 0 Å². The minimum atomic E-state index is -0.335. The quantitative estimate of drug-likeness (QED) is 0.190. The number of furan rings is 1. The number of hydrogen-bond donors (Lipinski definition) is 1. The van der Waals surface area contributed by atoms with Crippen molar-refractivity contribution in [2.75, 3.05) is 0 Å². The second kappa shape index (κ2) is 14.4. The van der Waals surface area contributed by atoms with Crippen LogP contribution in [0.5, 0.6) is 0 Å². The fourth-order valence-corrected chi connectivity index (χ4v) is 9.84. The maximum absolute atomic E-state index is 7.24. The summed E-state index contributed by atoms with van der Waals surface area (Å²) in [6.45, 7) is 2.39. The Balaban J connectivity index is 1.16. The molecule has 2 heterocycles. The second-order valence-electron chi connectivity index (χ2n) is 16.2. The third-order valence-electron chi connectivity index (χ3n) is 12.8. The van der Waals surface area contributed by atoms with Gasteiger partial charge in [0.1, 0.15) is 17.3 Å². The molecule has 0 saturated heterocycles. The van der Waals surface area contributed by atoms with E-state index in [0.29, 0.717) is 5.92 Å². The smallest absolute Gasteiger partial charge is 0.139 e. The van der Waals surface area contributed by atoms with Crippen molar-refractivity contribution in [1.29, 1.82) is 0 Å². The van der Waals surface area contributed by atoms with E-state index in [0.717, 1.165) is 63.6 Å². The first-order chi connectivity index (χ1) is 28.7. The molecule has 0 bridgehead atoms. The summed E-state index contributed by atoms with van der Waals surface area (Å²) in [5, 5.41) is 8.87. The molecule has 4 unspecified atom stereocenters. The van der Waals surface area contributed by atoms with Crippen LogP contribution in [0.3, 0.4) is 0 Å². The summed E-state index contributed by atoms with van der Waals surface area (Å²) < 4.78 is 7.24. The van der Waals surface area contributed by atoms with Crippen LogP contribution in [0, 0.1) is 5.92 Å². The van der Waals surface area contributed by atoms with Gasteiger partial charge in [-0.05, 0) is 98.7 Å². The molecule has 1 aliphatic carbocycles. The molecule has 1 aromatic heterocycles. The fourth-order valence-electron chi connectivity index (χ4n) is 9.84. The predicted octanol–water partition coefficient (Wildman–Crippen LogP) is 14.0. The van der Waals surface area contributed by atoms with Crippen molar-refractivity contribution < 1.29 is 4.42 Å². The molecule has 0 saturated carbocycles. The van der Waals surface area contributed by atoms with Gasteiger partial charge in [0.15, 0.2) is 0 Å². The molecule has 11 rings (SSSR count).